The Bertz CT molecular complexity index is 550. The van der Waals surface area contributed by atoms with Gasteiger partial charge >= 0.3 is 0 Å². The molecule has 0 bridgehead atoms. The van der Waals surface area contributed by atoms with Crippen molar-refractivity contribution in [3.8, 4) is 5.75 Å². The SMILES string of the molecule is CCc1cc(NCCOC)c2ccc(OC)cc2n1. The van der Waals surface area contributed by atoms with Gasteiger partial charge in [0.25, 0.3) is 0 Å². The van der Waals surface area contributed by atoms with E-state index in [-0.39, 0.29) is 0 Å². The maximum atomic E-state index is 5.25. The van der Waals surface area contributed by atoms with E-state index in [4.69, 9.17) is 9.47 Å². The van der Waals surface area contributed by atoms with Crippen molar-refractivity contribution in [2.75, 3.05) is 32.7 Å². The number of methoxy groups -OCH3 is 2. The average Bonchev–Trinajstić information content (AvgIpc) is 2.46. The highest BCUT2D eigenvalue weighted by molar-refractivity contribution is 5.92. The summed E-state index contributed by atoms with van der Waals surface area (Å²) in [5, 5.41) is 4.50. The Morgan fingerprint density at radius 2 is 2.05 bits per heavy atom. The Morgan fingerprint density at radius 1 is 1.21 bits per heavy atom. The van der Waals surface area contributed by atoms with Crippen molar-refractivity contribution in [3.05, 3.63) is 30.0 Å². The van der Waals surface area contributed by atoms with Gasteiger partial charge in [-0.05, 0) is 24.6 Å². The van der Waals surface area contributed by atoms with Gasteiger partial charge in [0.1, 0.15) is 5.75 Å². The molecule has 0 saturated carbocycles. The molecule has 0 spiro atoms. The molecule has 1 aromatic carbocycles. The van der Waals surface area contributed by atoms with Gasteiger partial charge in [0, 0.05) is 36.5 Å². The van der Waals surface area contributed by atoms with Crippen LogP contribution in [-0.2, 0) is 11.2 Å². The van der Waals surface area contributed by atoms with Gasteiger partial charge in [0.2, 0.25) is 0 Å². The van der Waals surface area contributed by atoms with Gasteiger partial charge < -0.3 is 14.8 Å². The number of nitrogens with zero attached hydrogens (tertiary/aromatic N) is 1. The maximum Gasteiger partial charge on any atom is 0.121 e. The third-order valence-electron chi connectivity index (χ3n) is 3.05. The molecule has 0 unspecified atom stereocenters. The minimum atomic E-state index is 0.682. The lowest BCUT2D eigenvalue weighted by Crippen LogP contribution is -2.08. The van der Waals surface area contributed by atoms with Crippen LogP contribution in [0.25, 0.3) is 10.9 Å². The molecule has 0 amide bonds. The van der Waals surface area contributed by atoms with Crippen LogP contribution in [0.5, 0.6) is 5.75 Å². The molecule has 0 radical (unpaired) electrons. The molecule has 4 heteroatoms. The molecule has 1 N–H and O–H groups in total. The second-order valence-electron chi connectivity index (χ2n) is 4.32. The fraction of sp³-hybridized carbons (Fsp3) is 0.400. The van der Waals surface area contributed by atoms with Crippen molar-refractivity contribution in [3.63, 3.8) is 0 Å². The molecule has 0 aliphatic heterocycles. The first-order valence-electron chi connectivity index (χ1n) is 6.49. The topological polar surface area (TPSA) is 43.4 Å². The van der Waals surface area contributed by atoms with Gasteiger partial charge in [-0.3, -0.25) is 4.98 Å². The fourth-order valence-electron chi connectivity index (χ4n) is 2.01. The first-order valence-corrected chi connectivity index (χ1v) is 6.49. The molecule has 4 nitrogen and oxygen atoms in total. The highest BCUT2D eigenvalue weighted by Crippen LogP contribution is 2.26. The minimum Gasteiger partial charge on any atom is -0.497 e. The number of pyridine rings is 1. The molecular weight excluding hydrogens is 240 g/mol. The molecular formula is C15H20N2O2. The molecule has 0 fully saturated rings. The van der Waals surface area contributed by atoms with Gasteiger partial charge in [0.15, 0.2) is 0 Å². The lowest BCUT2D eigenvalue weighted by atomic mass is 10.1. The van der Waals surface area contributed by atoms with Gasteiger partial charge in [-0.15, -0.1) is 0 Å². The highest BCUT2D eigenvalue weighted by atomic mass is 16.5. The van der Waals surface area contributed by atoms with E-state index in [1.54, 1.807) is 14.2 Å². The van der Waals surface area contributed by atoms with Crippen LogP contribution in [0.3, 0.4) is 0 Å². The van der Waals surface area contributed by atoms with E-state index in [2.05, 4.69) is 23.3 Å². The standard InChI is InChI=1S/C15H20N2O2/c1-4-11-9-14(16-7-8-18-2)13-6-5-12(19-3)10-15(13)17-11/h5-6,9-10H,4,7-8H2,1-3H3,(H,16,17). The van der Waals surface area contributed by atoms with E-state index in [9.17, 15) is 0 Å². The summed E-state index contributed by atoms with van der Waals surface area (Å²) in [6.45, 7) is 3.57. The Morgan fingerprint density at radius 3 is 2.74 bits per heavy atom. The molecule has 19 heavy (non-hydrogen) atoms. The number of rotatable bonds is 6. The lowest BCUT2D eigenvalue weighted by molar-refractivity contribution is 0.211. The third kappa shape index (κ3) is 3.15. The van der Waals surface area contributed by atoms with Crippen molar-refractivity contribution >= 4 is 16.6 Å². The molecule has 0 aliphatic carbocycles. The second kappa shape index (κ2) is 6.38. The van der Waals surface area contributed by atoms with Crippen molar-refractivity contribution in [2.45, 2.75) is 13.3 Å². The van der Waals surface area contributed by atoms with Crippen molar-refractivity contribution in [1.82, 2.24) is 4.98 Å². The highest BCUT2D eigenvalue weighted by Gasteiger charge is 2.06. The number of aryl methyl sites for hydroxylation is 1. The average molecular weight is 260 g/mol. The number of benzene rings is 1. The summed E-state index contributed by atoms with van der Waals surface area (Å²) in [5.74, 6) is 0.830. The summed E-state index contributed by atoms with van der Waals surface area (Å²) in [6.07, 6.45) is 0.909. The monoisotopic (exact) mass is 260 g/mol. The van der Waals surface area contributed by atoms with E-state index < -0.39 is 0 Å². The van der Waals surface area contributed by atoms with E-state index in [1.807, 2.05) is 18.2 Å². The van der Waals surface area contributed by atoms with Gasteiger partial charge in [0.05, 0.1) is 19.2 Å². The molecule has 1 aromatic heterocycles. The molecule has 0 atom stereocenters. The van der Waals surface area contributed by atoms with E-state index in [0.29, 0.717) is 6.61 Å². The number of aromatic nitrogens is 1. The minimum absolute atomic E-state index is 0.682. The number of hydrogen-bond acceptors (Lipinski definition) is 4. The Balaban J connectivity index is 2.42. The molecule has 2 aromatic rings. The predicted molar refractivity (Wildman–Crippen MR) is 78.0 cm³/mol. The first kappa shape index (κ1) is 13.6. The molecule has 1 heterocycles. The number of hydrogen-bond donors (Lipinski definition) is 1. The maximum absolute atomic E-state index is 5.25. The van der Waals surface area contributed by atoms with Crippen LogP contribution in [0.15, 0.2) is 24.3 Å². The lowest BCUT2D eigenvalue weighted by Gasteiger charge is -2.12. The third-order valence-corrected chi connectivity index (χ3v) is 3.05. The predicted octanol–water partition coefficient (Wildman–Crippen LogP) is 2.86. The van der Waals surface area contributed by atoms with Crippen LogP contribution in [0.2, 0.25) is 0 Å². The Labute approximate surface area is 113 Å². The van der Waals surface area contributed by atoms with Crippen molar-refractivity contribution in [2.24, 2.45) is 0 Å². The van der Waals surface area contributed by atoms with Crippen LogP contribution >= 0.6 is 0 Å². The molecule has 102 valence electrons. The smallest absolute Gasteiger partial charge is 0.121 e. The first-order chi connectivity index (χ1) is 9.28. The van der Waals surface area contributed by atoms with E-state index >= 15 is 0 Å². The van der Waals surface area contributed by atoms with Crippen LogP contribution in [0.1, 0.15) is 12.6 Å². The largest absolute Gasteiger partial charge is 0.497 e. The van der Waals surface area contributed by atoms with E-state index in [1.165, 1.54) is 0 Å². The molecule has 2 rings (SSSR count). The summed E-state index contributed by atoms with van der Waals surface area (Å²) in [4.78, 5) is 4.64. The Kier molecular flexibility index (Phi) is 4.58. The zero-order valence-corrected chi connectivity index (χ0v) is 11.7. The number of nitrogens with one attached hydrogen (secondary N) is 1. The summed E-state index contributed by atoms with van der Waals surface area (Å²) in [6, 6.07) is 8.06. The second-order valence-corrected chi connectivity index (χ2v) is 4.32. The zero-order valence-electron chi connectivity index (χ0n) is 11.7. The Hall–Kier alpha value is -1.81. The van der Waals surface area contributed by atoms with Crippen molar-refractivity contribution in [1.29, 1.82) is 0 Å². The van der Waals surface area contributed by atoms with Gasteiger partial charge in [-0.25, -0.2) is 0 Å². The fourth-order valence-corrected chi connectivity index (χ4v) is 2.01. The van der Waals surface area contributed by atoms with Gasteiger partial charge in [-0.2, -0.15) is 0 Å². The normalized spacial score (nSPS) is 10.7. The molecule has 0 aliphatic rings. The van der Waals surface area contributed by atoms with Crippen LogP contribution in [0.4, 0.5) is 5.69 Å². The van der Waals surface area contributed by atoms with Crippen LogP contribution in [0, 0.1) is 0 Å². The zero-order chi connectivity index (χ0) is 13.7. The van der Waals surface area contributed by atoms with Crippen molar-refractivity contribution < 1.29 is 9.47 Å². The summed E-state index contributed by atoms with van der Waals surface area (Å²) in [7, 11) is 3.37. The van der Waals surface area contributed by atoms with Gasteiger partial charge in [-0.1, -0.05) is 6.92 Å². The number of fused-ring (bicyclic) bond motifs is 1. The number of anilines is 1. The summed E-state index contributed by atoms with van der Waals surface area (Å²) in [5.41, 5.74) is 3.13. The summed E-state index contributed by atoms with van der Waals surface area (Å²) < 4.78 is 10.3. The molecule has 0 saturated heterocycles. The van der Waals surface area contributed by atoms with Crippen LogP contribution < -0.4 is 10.1 Å². The quantitative estimate of drug-likeness (QED) is 0.811. The van der Waals surface area contributed by atoms with Crippen LogP contribution in [-0.4, -0.2) is 32.4 Å². The number of ether oxygens (including phenoxy) is 2. The van der Waals surface area contributed by atoms with E-state index in [0.717, 1.165) is 41.0 Å². The summed E-state index contributed by atoms with van der Waals surface area (Å²) >= 11 is 0.